The van der Waals surface area contributed by atoms with Crippen LogP contribution >= 0.6 is 0 Å². The fourth-order valence-corrected chi connectivity index (χ4v) is 2.47. The summed E-state index contributed by atoms with van der Waals surface area (Å²) < 4.78 is 11.0. The first-order valence-electron chi connectivity index (χ1n) is 8.71. The number of nitrogens with one attached hydrogen (secondary N) is 2. The maximum atomic E-state index is 5.64. The van der Waals surface area contributed by atoms with E-state index in [9.17, 15) is 0 Å². The molecule has 2 N–H and O–H groups in total. The fraction of sp³-hybridized carbons (Fsp3) is 0.938. The minimum absolute atomic E-state index is 0.450. The minimum atomic E-state index is 0.450. The third-order valence-electron chi connectivity index (χ3n) is 4.12. The highest BCUT2D eigenvalue weighted by Crippen LogP contribution is 2.28. The maximum absolute atomic E-state index is 5.64. The molecule has 1 aliphatic heterocycles. The van der Waals surface area contributed by atoms with Crippen LogP contribution < -0.4 is 10.6 Å². The van der Waals surface area contributed by atoms with Crippen LogP contribution in [-0.4, -0.2) is 76.1 Å². The molecule has 1 unspecified atom stereocenters. The summed E-state index contributed by atoms with van der Waals surface area (Å²) in [6, 6.07) is 0.450. The molecular formula is C16H32N4O2. The predicted molar refractivity (Wildman–Crippen MR) is 89.4 cm³/mol. The van der Waals surface area contributed by atoms with Crippen molar-refractivity contribution >= 4 is 5.96 Å². The Kier molecular flexibility index (Phi) is 7.98. The molecule has 0 aromatic carbocycles. The molecule has 1 saturated carbocycles. The fourth-order valence-electron chi connectivity index (χ4n) is 2.47. The molecule has 0 aromatic heterocycles. The average Bonchev–Trinajstić information content (AvgIpc) is 3.37. The van der Waals surface area contributed by atoms with Gasteiger partial charge in [-0.3, -0.25) is 9.89 Å². The highest BCUT2D eigenvalue weighted by molar-refractivity contribution is 5.79. The van der Waals surface area contributed by atoms with Crippen LogP contribution in [0.25, 0.3) is 0 Å². The lowest BCUT2D eigenvalue weighted by Gasteiger charge is -2.31. The van der Waals surface area contributed by atoms with Crippen LogP contribution in [0.1, 0.15) is 26.7 Å². The van der Waals surface area contributed by atoms with Crippen LogP contribution in [0.2, 0.25) is 0 Å². The molecule has 6 heteroatoms. The summed E-state index contributed by atoms with van der Waals surface area (Å²) >= 11 is 0. The van der Waals surface area contributed by atoms with Gasteiger partial charge in [-0.05, 0) is 32.6 Å². The van der Waals surface area contributed by atoms with E-state index in [4.69, 9.17) is 14.5 Å². The number of hydrogen-bond acceptors (Lipinski definition) is 4. The number of nitrogens with zero attached hydrogens (tertiary/aromatic N) is 2. The average molecular weight is 312 g/mol. The van der Waals surface area contributed by atoms with E-state index in [1.807, 2.05) is 0 Å². The quantitative estimate of drug-likeness (QED) is 0.373. The summed E-state index contributed by atoms with van der Waals surface area (Å²) in [5.74, 6) is 1.72. The molecular weight excluding hydrogens is 280 g/mol. The monoisotopic (exact) mass is 312 g/mol. The molecule has 0 amide bonds. The molecule has 128 valence electrons. The molecule has 2 aliphatic rings. The smallest absolute Gasteiger partial charge is 0.191 e. The normalized spacial score (nSPS) is 21.6. The van der Waals surface area contributed by atoms with Gasteiger partial charge in [0.05, 0.1) is 26.4 Å². The van der Waals surface area contributed by atoms with Crippen molar-refractivity contribution in [1.82, 2.24) is 15.5 Å². The molecule has 22 heavy (non-hydrogen) atoms. The lowest BCUT2D eigenvalue weighted by molar-refractivity contribution is 0.0220. The molecule has 6 nitrogen and oxygen atoms in total. The lowest BCUT2D eigenvalue weighted by Crippen LogP contribution is -2.44. The van der Waals surface area contributed by atoms with E-state index in [1.54, 1.807) is 0 Å². The Hall–Kier alpha value is -0.850. The van der Waals surface area contributed by atoms with Crippen molar-refractivity contribution in [2.75, 3.05) is 59.2 Å². The molecule has 2 rings (SSSR count). The van der Waals surface area contributed by atoms with Gasteiger partial charge < -0.3 is 20.1 Å². The van der Waals surface area contributed by atoms with Crippen molar-refractivity contribution in [2.24, 2.45) is 10.9 Å². The Morgan fingerprint density at radius 3 is 2.77 bits per heavy atom. The summed E-state index contributed by atoms with van der Waals surface area (Å²) in [6.45, 7) is 12.2. The first-order chi connectivity index (χ1) is 10.8. The van der Waals surface area contributed by atoms with Gasteiger partial charge in [0.25, 0.3) is 0 Å². The van der Waals surface area contributed by atoms with Crippen molar-refractivity contribution in [3.63, 3.8) is 0 Å². The molecule has 1 atom stereocenters. The molecule has 1 heterocycles. The van der Waals surface area contributed by atoms with Gasteiger partial charge in [-0.15, -0.1) is 0 Å². The molecule has 1 aliphatic carbocycles. The summed E-state index contributed by atoms with van der Waals surface area (Å²) in [5, 5.41) is 6.64. The van der Waals surface area contributed by atoms with E-state index in [-0.39, 0.29) is 0 Å². The third-order valence-corrected chi connectivity index (χ3v) is 4.12. The number of hydrogen-bond donors (Lipinski definition) is 2. The van der Waals surface area contributed by atoms with Crippen LogP contribution in [-0.2, 0) is 9.47 Å². The van der Waals surface area contributed by atoms with Crippen molar-refractivity contribution in [2.45, 2.75) is 32.7 Å². The van der Waals surface area contributed by atoms with E-state index in [1.165, 1.54) is 12.8 Å². The molecule has 1 saturated heterocycles. The van der Waals surface area contributed by atoms with Gasteiger partial charge in [-0.2, -0.15) is 0 Å². The Morgan fingerprint density at radius 2 is 2.09 bits per heavy atom. The SMILES string of the molecule is CCNC(=NCC(C)N1CCOCC1)NCCOCC1CC1. The molecule has 2 fully saturated rings. The number of guanidine groups is 1. The second kappa shape index (κ2) is 10.0. The van der Waals surface area contributed by atoms with E-state index < -0.39 is 0 Å². The van der Waals surface area contributed by atoms with E-state index in [0.29, 0.717) is 6.04 Å². The zero-order valence-electron chi connectivity index (χ0n) is 14.1. The summed E-state index contributed by atoms with van der Waals surface area (Å²) in [5.41, 5.74) is 0. The Bertz CT molecular complexity index is 328. The van der Waals surface area contributed by atoms with Gasteiger partial charge in [0.15, 0.2) is 5.96 Å². The number of ether oxygens (including phenoxy) is 2. The standard InChI is InChI=1S/C16H32N4O2/c1-3-17-16(18-6-9-22-13-15-4-5-15)19-12-14(2)20-7-10-21-11-8-20/h14-15H,3-13H2,1-2H3,(H2,17,18,19). The van der Waals surface area contributed by atoms with Gasteiger partial charge >= 0.3 is 0 Å². The van der Waals surface area contributed by atoms with Gasteiger partial charge in [0.1, 0.15) is 0 Å². The van der Waals surface area contributed by atoms with Gasteiger partial charge in [-0.25, -0.2) is 0 Å². The van der Waals surface area contributed by atoms with Gasteiger partial charge in [0.2, 0.25) is 0 Å². The summed E-state index contributed by atoms with van der Waals surface area (Å²) in [4.78, 5) is 7.13. The summed E-state index contributed by atoms with van der Waals surface area (Å²) in [6.07, 6.45) is 2.69. The molecule has 0 aromatic rings. The van der Waals surface area contributed by atoms with Crippen LogP contribution in [0.3, 0.4) is 0 Å². The zero-order chi connectivity index (χ0) is 15.6. The number of aliphatic imine (C=N–C) groups is 1. The van der Waals surface area contributed by atoms with E-state index >= 15 is 0 Å². The topological polar surface area (TPSA) is 58.1 Å². The van der Waals surface area contributed by atoms with Crippen molar-refractivity contribution in [3.05, 3.63) is 0 Å². The van der Waals surface area contributed by atoms with Crippen LogP contribution in [0.4, 0.5) is 0 Å². The van der Waals surface area contributed by atoms with E-state index in [2.05, 4.69) is 29.4 Å². The molecule has 0 radical (unpaired) electrons. The minimum Gasteiger partial charge on any atom is -0.379 e. The predicted octanol–water partition coefficient (Wildman–Crippen LogP) is 0.689. The third kappa shape index (κ3) is 6.94. The Balaban J connectivity index is 1.63. The highest BCUT2D eigenvalue weighted by Gasteiger charge is 2.20. The van der Waals surface area contributed by atoms with Gasteiger partial charge in [0, 0.05) is 38.8 Å². The first kappa shape index (κ1) is 17.5. The zero-order valence-corrected chi connectivity index (χ0v) is 14.1. The van der Waals surface area contributed by atoms with E-state index in [0.717, 1.165) is 71.0 Å². The second-order valence-electron chi connectivity index (χ2n) is 6.16. The molecule has 0 spiro atoms. The lowest BCUT2D eigenvalue weighted by atomic mass is 10.2. The highest BCUT2D eigenvalue weighted by atomic mass is 16.5. The number of morpholine rings is 1. The van der Waals surface area contributed by atoms with Gasteiger partial charge in [-0.1, -0.05) is 0 Å². The van der Waals surface area contributed by atoms with Crippen molar-refractivity contribution in [1.29, 1.82) is 0 Å². The number of rotatable bonds is 9. The van der Waals surface area contributed by atoms with Crippen LogP contribution in [0.15, 0.2) is 4.99 Å². The van der Waals surface area contributed by atoms with Crippen molar-refractivity contribution in [3.8, 4) is 0 Å². The maximum Gasteiger partial charge on any atom is 0.191 e. The Labute approximate surface area is 134 Å². The second-order valence-corrected chi connectivity index (χ2v) is 6.16. The first-order valence-corrected chi connectivity index (χ1v) is 8.71. The largest absolute Gasteiger partial charge is 0.379 e. The van der Waals surface area contributed by atoms with Crippen LogP contribution in [0.5, 0.6) is 0 Å². The summed E-state index contributed by atoms with van der Waals surface area (Å²) in [7, 11) is 0. The van der Waals surface area contributed by atoms with Crippen molar-refractivity contribution < 1.29 is 9.47 Å². The van der Waals surface area contributed by atoms with Crippen LogP contribution in [0, 0.1) is 5.92 Å². The Morgan fingerprint density at radius 1 is 1.32 bits per heavy atom. The molecule has 0 bridgehead atoms.